The zero-order chi connectivity index (χ0) is 11.4. The highest BCUT2D eigenvalue weighted by molar-refractivity contribution is 7.84. The monoisotopic (exact) mass is 249 g/mol. The maximum absolute atomic E-state index is 12.8. The van der Waals surface area contributed by atoms with Gasteiger partial charge in [-0.2, -0.15) is 0 Å². The fourth-order valence-electron chi connectivity index (χ4n) is 1.17. The fraction of sp³-hybridized carbons (Fsp3) is 0.400. The maximum atomic E-state index is 12.8. The SMILES string of the molecule is CC(N)CS(=O)Cc1ccc(F)c(Cl)c1. The molecule has 1 aromatic carbocycles. The average molecular weight is 250 g/mol. The normalized spacial score (nSPS) is 14.9. The molecule has 2 N–H and O–H groups in total. The Morgan fingerprint density at radius 2 is 2.27 bits per heavy atom. The standard InChI is InChI=1S/C10H13ClFNOS/c1-7(13)5-15(14)6-8-2-3-10(12)9(11)4-8/h2-4,7H,5-6,13H2,1H3. The predicted octanol–water partition coefficient (Wildman–Crippen LogP) is 2.08. The summed E-state index contributed by atoms with van der Waals surface area (Å²) < 4.78 is 24.3. The lowest BCUT2D eigenvalue weighted by Gasteiger charge is -2.05. The number of hydrogen-bond donors (Lipinski definition) is 1. The Labute approximate surface area is 96.1 Å². The Kier molecular flexibility index (Phi) is 4.70. The van der Waals surface area contributed by atoms with Crippen LogP contribution in [0.25, 0.3) is 0 Å². The second-order valence-corrected chi connectivity index (χ2v) is 5.39. The molecular formula is C10H13ClFNOS. The topological polar surface area (TPSA) is 43.1 Å². The summed E-state index contributed by atoms with van der Waals surface area (Å²) in [5, 5.41) is 0.0605. The van der Waals surface area contributed by atoms with Gasteiger partial charge < -0.3 is 5.73 Å². The van der Waals surface area contributed by atoms with Gasteiger partial charge in [-0.3, -0.25) is 4.21 Å². The first-order chi connectivity index (χ1) is 6.99. The molecule has 2 atom stereocenters. The molecule has 1 rings (SSSR count). The summed E-state index contributed by atoms with van der Waals surface area (Å²) in [6, 6.07) is 4.26. The number of rotatable bonds is 4. The van der Waals surface area contributed by atoms with Crippen molar-refractivity contribution in [3.05, 3.63) is 34.6 Å². The molecule has 0 amide bonds. The quantitative estimate of drug-likeness (QED) is 0.888. The Balaban J connectivity index is 2.65. The fourth-order valence-corrected chi connectivity index (χ4v) is 2.63. The molecule has 2 unspecified atom stereocenters. The molecule has 5 heteroatoms. The van der Waals surface area contributed by atoms with E-state index in [9.17, 15) is 8.60 Å². The molecule has 0 bridgehead atoms. The van der Waals surface area contributed by atoms with Gasteiger partial charge in [0.2, 0.25) is 0 Å². The summed E-state index contributed by atoms with van der Waals surface area (Å²) in [4.78, 5) is 0. The van der Waals surface area contributed by atoms with Gasteiger partial charge in [-0.1, -0.05) is 17.7 Å². The van der Waals surface area contributed by atoms with E-state index in [4.69, 9.17) is 17.3 Å². The summed E-state index contributed by atoms with van der Waals surface area (Å²) in [6.07, 6.45) is 0. The summed E-state index contributed by atoms with van der Waals surface area (Å²) >= 11 is 5.60. The Morgan fingerprint density at radius 1 is 1.60 bits per heavy atom. The molecule has 0 fully saturated rings. The van der Waals surface area contributed by atoms with Gasteiger partial charge in [0, 0.05) is 28.3 Å². The molecule has 2 nitrogen and oxygen atoms in total. The van der Waals surface area contributed by atoms with Gasteiger partial charge in [0.05, 0.1) is 5.02 Å². The molecule has 0 spiro atoms. The molecule has 0 saturated carbocycles. The van der Waals surface area contributed by atoms with Gasteiger partial charge >= 0.3 is 0 Å². The zero-order valence-corrected chi connectivity index (χ0v) is 9.95. The predicted molar refractivity (Wildman–Crippen MR) is 61.8 cm³/mol. The van der Waals surface area contributed by atoms with Crippen LogP contribution in [0.3, 0.4) is 0 Å². The van der Waals surface area contributed by atoms with Crippen LogP contribution in [-0.4, -0.2) is 16.0 Å². The lowest BCUT2D eigenvalue weighted by molar-refractivity contribution is 0.627. The highest BCUT2D eigenvalue weighted by atomic mass is 35.5. The number of halogens is 2. The third kappa shape index (κ3) is 4.28. The molecule has 0 radical (unpaired) electrons. The van der Waals surface area contributed by atoms with Crippen LogP contribution in [0, 0.1) is 5.82 Å². The van der Waals surface area contributed by atoms with E-state index in [-0.39, 0.29) is 11.1 Å². The summed E-state index contributed by atoms with van der Waals surface area (Å²) in [5.74, 6) is 0.342. The summed E-state index contributed by atoms with van der Waals surface area (Å²) in [6.45, 7) is 1.80. The lowest BCUT2D eigenvalue weighted by atomic mass is 10.2. The van der Waals surface area contributed by atoms with Crippen LogP contribution in [0.4, 0.5) is 4.39 Å². The van der Waals surface area contributed by atoms with E-state index in [0.717, 1.165) is 5.56 Å². The first kappa shape index (κ1) is 12.6. The average Bonchev–Trinajstić information content (AvgIpc) is 2.10. The van der Waals surface area contributed by atoms with E-state index in [1.54, 1.807) is 13.0 Å². The van der Waals surface area contributed by atoms with Crippen molar-refractivity contribution in [1.82, 2.24) is 0 Å². The minimum atomic E-state index is -1.02. The molecule has 0 aromatic heterocycles. The van der Waals surface area contributed by atoms with Crippen LogP contribution < -0.4 is 5.73 Å². The number of nitrogens with two attached hydrogens (primary N) is 1. The van der Waals surface area contributed by atoms with Crippen LogP contribution in [0.2, 0.25) is 5.02 Å². The number of benzene rings is 1. The van der Waals surface area contributed by atoms with E-state index in [2.05, 4.69) is 0 Å². The minimum Gasteiger partial charge on any atom is -0.327 e. The van der Waals surface area contributed by atoms with Crippen molar-refractivity contribution in [3.63, 3.8) is 0 Å². The molecule has 15 heavy (non-hydrogen) atoms. The smallest absolute Gasteiger partial charge is 0.141 e. The van der Waals surface area contributed by atoms with E-state index < -0.39 is 16.6 Å². The van der Waals surface area contributed by atoms with Gasteiger partial charge in [0.15, 0.2) is 0 Å². The van der Waals surface area contributed by atoms with Crippen LogP contribution in [0.5, 0.6) is 0 Å². The molecular weight excluding hydrogens is 237 g/mol. The van der Waals surface area contributed by atoms with E-state index >= 15 is 0 Å². The van der Waals surface area contributed by atoms with Crippen LogP contribution >= 0.6 is 11.6 Å². The van der Waals surface area contributed by atoms with Crippen molar-refractivity contribution in [2.45, 2.75) is 18.7 Å². The van der Waals surface area contributed by atoms with E-state index in [0.29, 0.717) is 11.5 Å². The summed E-state index contributed by atoms with van der Waals surface area (Å²) in [7, 11) is -1.02. The third-order valence-electron chi connectivity index (χ3n) is 1.76. The third-order valence-corrected chi connectivity index (χ3v) is 3.60. The van der Waals surface area contributed by atoms with Crippen molar-refractivity contribution in [2.24, 2.45) is 5.73 Å². The van der Waals surface area contributed by atoms with Gasteiger partial charge in [0.1, 0.15) is 5.82 Å². The first-order valence-electron chi connectivity index (χ1n) is 4.53. The highest BCUT2D eigenvalue weighted by Crippen LogP contribution is 2.17. The second-order valence-electron chi connectivity index (χ2n) is 3.48. The van der Waals surface area contributed by atoms with Crippen LogP contribution in [0.15, 0.2) is 18.2 Å². The molecule has 0 aliphatic carbocycles. The molecule has 0 saturated heterocycles. The van der Waals surface area contributed by atoms with Gasteiger partial charge in [-0.25, -0.2) is 4.39 Å². The van der Waals surface area contributed by atoms with Gasteiger partial charge in [0.25, 0.3) is 0 Å². The Hall–Kier alpha value is -0.450. The minimum absolute atomic E-state index is 0.0605. The van der Waals surface area contributed by atoms with E-state index in [1.165, 1.54) is 12.1 Å². The lowest BCUT2D eigenvalue weighted by Crippen LogP contribution is -2.23. The molecule has 0 aliphatic rings. The highest BCUT2D eigenvalue weighted by Gasteiger charge is 2.06. The van der Waals surface area contributed by atoms with Crippen molar-refractivity contribution in [1.29, 1.82) is 0 Å². The van der Waals surface area contributed by atoms with Crippen LogP contribution in [0.1, 0.15) is 12.5 Å². The summed E-state index contributed by atoms with van der Waals surface area (Å²) in [5.41, 5.74) is 6.29. The van der Waals surface area contributed by atoms with Crippen LogP contribution in [-0.2, 0) is 16.6 Å². The molecule has 84 valence electrons. The van der Waals surface area contributed by atoms with Gasteiger partial charge in [-0.15, -0.1) is 0 Å². The first-order valence-corrected chi connectivity index (χ1v) is 6.40. The van der Waals surface area contributed by atoms with Crippen molar-refractivity contribution >= 4 is 22.4 Å². The Morgan fingerprint density at radius 3 is 2.80 bits per heavy atom. The molecule has 0 aliphatic heterocycles. The van der Waals surface area contributed by atoms with Crippen molar-refractivity contribution in [3.8, 4) is 0 Å². The Bertz CT molecular complexity index is 370. The number of hydrogen-bond acceptors (Lipinski definition) is 2. The van der Waals surface area contributed by atoms with Crippen molar-refractivity contribution in [2.75, 3.05) is 5.75 Å². The van der Waals surface area contributed by atoms with Crippen molar-refractivity contribution < 1.29 is 8.60 Å². The second kappa shape index (κ2) is 5.58. The van der Waals surface area contributed by atoms with Gasteiger partial charge in [-0.05, 0) is 24.6 Å². The largest absolute Gasteiger partial charge is 0.327 e. The zero-order valence-electron chi connectivity index (χ0n) is 8.37. The molecule has 1 aromatic rings. The maximum Gasteiger partial charge on any atom is 0.141 e. The molecule has 0 heterocycles. The van der Waals surface area contributed by atoms with E-state index in [1.807, 2.05) is 0 Å².